The third-order valence-electron chi connectivity index (χ3n) is 3.44. The van der Waals surface area contributed by atoms with E-state index in [0.29, 0.717) is 0 Å². The van der Waals surface area contributed by atoms with Gasteiger partial charge in [-0.05, 0) is 49.2 Å². The number of aromatic nitrogens is 3. The van der Waals surface area contributed by atoms with Gasteiger partial charge >= 0.3 is 0 Å². The molecule has 0 bridgehead atoms. The summed E-state index contributed by atoms with van der Waals surface area (Å²) in [5.74, 6) is 1.12. The molecule has 3 rings (SSSR count). The molecular formula is C14H18N4S. The molecular weight excluding hydrogens is 256 g/mol. The number of hydrogen-bond donors (Lipinski definition) is 1. The number of fused-ring (bicyclic) bond motifs is 1. The topological polar surface area (TPSA) is 56.7 Å². The van der Waals surface area contributed by atoms with E-state index in [-0.39, 0.29) is 0 Å². The van der Waals surface area contributed by atoms with Crippen LogP contribution in [0.2, 0.25) is 0 Å². The summed E-state index contributed by atoms with van der Waals surface area (Å²) < 4.78 is 2.25. The van der Waals surface area contributed by atoms with Gasteiger partial charge in [-0.3, -0.25) is 0 Å². The molecule has 0 spiro atoms. The molecule has 2 aromatic rings. The lowest BCUT2D eigenvalue weighted by atomic mass is 10.2. The van der Waals surface area contributed by atoms with E-state index in [2.05, 4.69) is 26.9 Å². The lowest BCUT2D eigenvalue weighted by Gasteiger charge is -2.08. The van der Waals surface area contributed by atoms with E-state index in [0.717, 1.165) is 34.5 Å². The SMILES string of the molecule is Cc1ccc(Sc2nnc3n2CCCCC3)c(N)c1. The Morgan fingerprint density at radius 1 is 1.21 bits per heavy atom. The van der Waals surface area contributed by atoms with Crippen LogP contribution in [-0.2, 0) is 13.0 Å². The minimum absolute atomic E-state index is 0.816. The maximum Gasteiger partial charge on any atom is 0.196 e. The molecule has 19 heavy (non-hydrogen) atoms. The summed E-state index contributed by atoms with van der Waals surface area (Å²) in [7, 11) is 0. The van der Waals surface area contributed by atoms with E-state index in [4.69, 9.17) is 5.73 Å². The van der Waals surface area contributed by atoms with Crippen LogP contribution in [0.1, 0.15) is 30.7 Å². The second-order valence-electron chi connectivity index (χ2n) is 5.00. The van der Waals surface area contributed by atoms with E-state index in [1.54, 1.807) is 11.8 Å². The largest absolute Gasteiger partial charge is 0.398 e. The lowest BCUT2D eigenvalue weighted by molar-refractivity contribution is 0.591. The second-order valence-corrected chi connectivity index (χ2v) is 6.01. The molecule has 1 aromatic heterocycles. The van der Waals surface area contributed by atoms with Crippen molar-refractivity contribution in [2.24, 2.45) is 0 Å². The number of benzene rings is 1. The maximum atomic E-state index is 6.07. The Hall–Kier alpha value is -1.49. The summed E-state index contributed by atoms with van der Waals surface area (Å²) in [6.45, 7) is 3.07. The summed E-state index contributed by atoms with van der Waals surface area (Å²) in [5, 5.41) is 9.60. The third-order valence-corrected chi connectivity index (χ3v) is 4.52. The molecule has 0 unspecified atom stereocenters. The fraction of sp³-hybridized carbons (Fsp3) is 0.429. The van der Waals surface area contributed by atoms with Crippen molar-refractivity contribution in [2.45, 2.75) is 49.2 Å². The van der Waals surface area contributed by atoms with Gasteiger partial charge in [0.2, 0.25) is 0 Å². The smallest absolute Gasteiger partial charge is 0.196 e. The highest BCUT2D eigenvalue weighted by atomic mass is 32.2. The number of rotatable bonds is 2. The van der Waals surface area contributed by atoms with Crippen LogP contribution in [0.15, 0.2) is 28.3 Å². The van der Waals surface area contributed by atoms with Crippen LogP contribution in [0.3, 0.4) is 0 Å². The van der Waals surface area contributed by atoms with E-state index < -0.39 is 0 Å². The predicted octanol–water partition coefficient (Wildman–Crippen LogP) is 3.05. The van der Waals surface area contributed by atoms with Gasteiger partial charge < -0.3 is 10.3 Å². The Morgan fingerprint density at radius 2 is 2.11 bits per heavy atom. The minimum atomic E-state index is 0.816. The van der Waals surface area contributed by atoms with Gasteiger partial charge in [0.05, 0.1) is 0 Å². The van der Waals surface area contributed by atoms with Crippen molar-refractivity contribution in [3.8, 4) is 0 Å². The first kappa shape index (κ1) is 12.5. The van der Waals surface area contributed by atoms with Gasteiger partial charge in [-0.1, -0.05) is 12.5 Å². The molecule has 2 N–H and O–H groups in total. The highest BCUT2D eigenvalue weighted by Crippen LogP contribution is 2.32. The van der Waals surface area contributed by atoms with Crippen molar-refractivity contribution in [2.75, 3.05) is 5.73 Å². The Kier molecular flexibility index (Phi) is 3.46. The Morgan fingerprint density at radius 3 is 2.95 bits per heavy atom. The normalized spacial score (nSPS) is 15.0. The fourth-order valence-electron chi connectivity index (χ4n) is 2.39. The van der Waals surface area contributed by atoms with Crippen molar-refractivity contribution in [3.63, 3.8) is 0 Å². The molecule has 0 saturated heterocycles. The molecule has 5 heteroatoms. The van der Waals surface area contributed by atoms with Gasteiger partial charge in [0.25, 0.3) is 0 Å². The third kappa shape index (κ3) is 2.61. The average molecular weight is 274 g/mol. The first-order valence-electron chi connectivity index (χ1n) is 6.70. The Bertz CT molecular complexity index is 591. The van der Waals surface area contributed by atoms with Gasteiger partial charge in [-0.15, -0.1) is 10.2 Å². The molecule has 0 saturated carbocycles. The van der Waals surface area contributed by atoms with Crippen LogP contribution in [-0.4, -0.2) is 14.8 Å². The van der Waals surface area contributed by atoms with Gasteiger partial charge in [-0.2, -0.15) is 0 Å². The standard InChI is InChI=1S/C14H18N4S/c1-10-6-7-12(11(15)9-10)19-14-17-16-13-5-3-2-4-8-18(13)14/h6-7,9H,2-5,8,15H2,1H3. The van der Waals surface area contributed by atoms with Gasteiger partial charge in [0.1, 0.15) is 5.82 Å². The highest BCUT2D eigenvalue weighted by molar-refractivity contribution is 7.99. The van der Waals surface area contributed by atoms with Gasteiger partial charge in [-0.25, -0.2) is 0 Å². The van der Waals surface area contributed by atoms with Crippen LogP contribution in [0.4, 0.5) is 5.69 Å². The summed E-state index contributed by atoms with van der Waals surface area (Å²) in [6.07, 6.45) is 4.74. The molecule has 100 valence electrons. The monoisotopic (exact) mass is 274 g/mol. The number of nitrogen functional groups attached to an aromatic ring is 1. The van der Waals surface area contributed by atoms with E-state index in [9.17, 15) is 0 Å². The molecule has 0 radical (unpaired) electrons. The number of hydrogen-bond acceptors (Lipinski definition) is 4. The minimum Gasteiger partial charge on any atom is -0.398 e. The first-order valence-corrected chi connectivity index (χ1v) is 7.52. The zero-order chi connectivity index (χ0) is 13.2. The predicted molar refractivity (Wildman–Crippen MR) is 77.3 cm³/mol. The van der Waals surface area contributed by atoms with E-state index >= 15 is 0 Å². The van der Waals surface area contributed by atoms with Gasteiger partial charge in [0.15, 0.2) is 5.16 Å². The summed E-state index contributed by atoms with van der Waals surface area (Å²) in [4.78, 5) is 1.06. The average Bonchev–Trinajstić information content (AvgIpc) is 2.61. The lowest BCUT2D eigenvalue weighted by Crippen LogP contribution is -2.02. The highest BCUT2D eigenvalue weighted by Gasteiger charge is 2.16. The molecule has 1 aliphatic rings. The zero-order valence-electron chi connectivity index (χ0n) is 11.1. The fourth-order valence-corrected chi connectivity index (χ4v) is 3.29. The van der Waals surface area contributed by atoms with Crippen LogP contribution >= 0.6 is 11.8 Å². The summed E-state index contributed by atoms with van der Waals surface area (Å²) in [5.41, 5.74) is 8.06. The second kappa shape index (κ2) is 5.25. The number of nitrogens with two attached hydrogens (primary N) is 1. The van der Waals surface area contributed by atoms with Crippen molar-refractivity contribution >= 4 is 17.4 Å². The molecule has 0 aliphatic carbocycles. The van der Waals surface area contributed by atoms with E-state index in [1.165, 1.54) is 24.8 Å². The Labute approximate surface area is 117 Å². The first-order chi connectivity index (χ1) is 9.24. The van der Waals surface area contributed by atoms with Crippen LogP contribution in [0.5, 0.6) is 0 Å². The van der Waals surface area contributed by atoms with Gasteiger partial charge in [0, 0.05) is 23.5 Å². The van der Waals surface area contributed by atoms with Crippen molar-refractivity contribution in [1.82, 2.24) is 14.8 Å². The zero-order valence-corrected chi connectivity index (χ0v) is 11.9. The van der Waals surface area contributed by atoms with Crippen LogP contribution in [0.25, 0.3) is 0 Å². The van der Waals surface area contributed by atoms with E-state index in [1.807, 2.05) is 13.0 Å². The molecule has 0 amide bonds. The van der Waals surface area contributed by atoms with Crippen LogP contribution in [0, 0.1) is 6.92 Å². The molecule has 1 aromatic carbocycles. The molecule has 2 heterocycles. The van der Waals surface area contributed by atoms with Crippen LogP contribution < -0.4 is 5.73 Å². The van der Waals surface area contributed by atoms with Crippen molar-refractivity contribution in [1.29, 1.82) is 0 Å². The molecule has 0 atom stereocenters. The maximum absolute atomic E-state index is 6.07. The Balaban J connectivity index is 1.89. The summed E-state index contributed by atoms with van der Waals surface area (Å²) >= 11 is 1.62. The quantitative estimate of drug-likeness (QED) is 0.855. The molecule has 1 aliphatic heterocycles. The molecule has 0 fully saturated rings. The molecule has 4 nitrogen and oxygen atoms in total. The summed E-state index contributed by atoms with van der Waals surface area (Å²) in [6, 6.07) is 6.15. The van der Waals surface area contributed by atoms with Crippen molar-refractivity contribution in [3.05, 3.63) is 29.6 Å². The number of anilines is 1. The number of aryl methyl sites for hydroxylation is 2. The van der Waals surface area contributed by atoms with Crippen molar-refractivity contribution < 1.29 is 0 Å². The number of nitrogens with zero attached hydrogens (tertiary/aromatic N) is 3.